The number of anilines is 1. The maximum atomic E-state index is 12.2. The fraction of sp³-hybridized carbons (Fsp3) is 0.227. The van der Waals surface area contributed by atoms with Crippen LogP contribution in [0.25, 0.3) is 0 Å². The Bertz CT molecular complexity index is 1100. The molecular formula is C22H24N4O3. The zero-order chi connectivity index (χ0) is 20.8. The molecule has 1 heterocycles. The number of H-pyrrole nitrogens is 1. The summed E-state index contributed by atoms with van der Waals surface area (Å²) in [5.74, 6) is -0.411. The van der Waals surface area contributed by atoms with Gasteiger partial charge in [-0.05, 0) is 43.7 Å². The number of aliphatic imine (C=N–C) groups is 1. The van der Waals surface area contributed by atoms with Gasteiger partial charge < -0.3 is 10.0 Å². The lowest BCUT2D eigenvalue weighted by Gasteiger charge is -2.20. The van der Waals surface area contributed by atoms with Crippen molar-refractivity contribution in [1.82, 2.24) is 9.55 Å². The number of aromatic amines is 1. The fourth-order valence-corrected chi connectivity index (χ4v) is 3.08. The minimum atomic E-state index is -0.680. The van der Waals surface area contributed by atoms with Gasteiger partial charge in [0.05, 0.1) is 12.2 Å². The van der Waals surface area contributed by atoms with Crippen molar-refractivity contribution < 1.29 is 5.11 Å². The number of hydrogen-bond donors (Lipinski definition) is 2. The normalized spacial score (nSPS) is 11.1. The first-order valence-electron chi connectivity index (χ1n) is 9.52. The van der Waals surface area contributed by atoms with Gasteiger partial charge in [-0.2, -0.15) is 0 Å². The van der Waals surface area contributed by atoms with Crippen LogP contribution in [-0.4, -0.2) is 34.0 Å². The van der Waals surface area contributed by atoms with Crippen LogP contribution in [0.5, 0.6) is 5.88 Å². The molecule has 2 aromatic carbocycles. The average molecular weight is 392 g/mol. The molecule has 0 aliphatic carbocycles. The van der Waals surface area contributed by atoms with Crippen molar-refractivity contribution in [3.8, 4) is 5.88 Å². The number of aromatic nitrogens is 2. The molecule has 0 bridgehead atoms. The Morgan fingerprint density at radius 3 is 2.31 bits per heavy atom. The smallest absolute Gasteiger partial charge is 0.331 e. The molecule has 0 spiro atoms. The van der Waals surface area contributed by atoms with Gasteiger partial charge in [0.1, 0.15) is 5.56 Å². The highest BCUT2D eigenvalue weighted by atomic mass is 16.3. The van der Waals surface area contributed by atoms with Gasteiger partial charge in [-0.15, -0.1) is 0 Å². The highest BCUT2D eigenvalue weighted by Crippen LogP contribution is 2.20. The topological polar surface area (TPSA) is 90.7 Å². The van der Waals surface area contributed by atoms with Gasteiger partial charge in [0, 0.05) is 25.0 Å². The quantitative estimate of drug-likeness (QED) is 0.605. The summed E-state index contributed by atoms with van der Waals surface area (Å²) in [5.41, 5.74) is 1.14. The van der Waals surface area contributed by atoms with E-state index < -0.39 is 17.1 Å². The average Bonchev–Trinajstić information content (AvgIpc) is 2.73. The number of rotatable bonds is 7. The molecule has 2 N–H and O–H groups in total. The number of nitrogens with one attached hydrogen (secondary N) is 1. The maximum Gasteiger partial charge on any atom is 0.331 e. The fourth-order valence-electron chi connectivity index (χ4n) is 3.08. The van der Waals surface area contributed by atoms with Crippen LogP contribution in [0.15, 0.2) is 69.2 Å². The molecule has 0 fully saturated rings. The highest BCUT2D eigenvalue weighted by Gasteiger charge is 2.13. The Morgan fingerprint density at radius 1 is 1.03 bits per heavy atom. The molecule has 7 heteroatoms. The van der Waals surface area contributed by atoms with E-state index >= 15 is 0 Å². The molecule has 0 aliphatic heterocycles. The molecule has 0 aliphatic rings. The Hall–Kier alpha value is -3.61. The summed E-state index contributed by atoms with van der Waals surface area (Å²) in [4.78, 5) is 33.1. The largest absolute Gasteiger partial charge is 0.494 e. The highest BCUT2D eigenvalue weighted by molar-refractivity contribution is 5.84. The van der Waals surface area contributed by atoms with Crippen LogP contribution in [-0.2, 0) is 6.54 Å². The van der Waals surface area contributed by atoms with Crippen molar-refractivity contribution in [3.63, 3.8) is 0 Å². The summed E-state index contributed by atoms with van der Waals surface area (Å²) >= 11 is 0. The molecule has 3 rings (SSSR count). The third-order valence-electron chi connectivity index (χ3n) is 4.71. The lowest BCUT2D eigenvalue weighted by Crippen LogP contribution is -2.32. The van der Waals surface area contributed by atoms with Crippen molar-refractivity contribution in [2.24, 2.45) is 4.99 Å². The van der Waals surface area contributed by atoms with Gasteiger partial charge in [0.2, 0.25) is 5.88 Å². The zero-order valence-electron chi connectivity index (χ0n) is 16.5. The molecule has 0 atom stereocenters. The van der Waals surface area contributed by atoms with Crippen molar-refractivity contribution in [1.29, 1.82) is 0 Å². The van der Waals surface area contributed by atoms with Crippen LogP contribution in [0.3, 0.4) is 0 Å². The van der Waals surface area contributed by atoms with Crippen LogP contribution in [0, 0.1) is 0 Å². The lowest BCUT2D eigenvalue weighted by atomic mass is 10.2. The summed E-state index contributed by atoms with van der Waals surface area (Å²) in [6.45, 7) is 6.14. The second-order valence-electron chi connectivity index (χ2n) is 6.52. The molecule has 0 saturated carbocycles. The van der Waals surface area contributed by atoms with E-state index in [9.17, 15) is 14.7 Å². The molecule has 0 amide bonds. The Balaban J connectivity index is 1.90. The molecule has 0 radical (unpaired) electrons. The molecular weight excluding hydrogens is 368 g/mol. The standard InChI is InChI=1S/C22H24N4O3/c1-3-25(4-2)18-12-10-17(11-13-18)23-14-19-20(27)24-22(29)26(21(19)28)15-16-8-6-5-7-9-16/h5-14,28H,3-4,15H2,1-2H3,(H,24,27,29). The molecule has 7 nitrogen and oxygen atoms in total. The van der Waals surface area contributed by atoms with E-state index in [1.54, 1.807) is 0 Å². The number of hydrogen-bond acceptors (Lipinski definition) is 5. The van der Waals surface area contributed by atoms with Crippen LogP contribution in [0.4, 0.5) is 11.4 Å². The van der Waals surface area contributed by atoms with E-state index in [-0.39, 0.29) is 12.1 Å². The second kappa shape index (κ2) is 9.05. The molecule has 3 aromatic rings. The van der Waals surface area contributed by atoms with Crippen molar-refractivity contribution in [2.75, 3.05) is 18.0 Å². The number of aromatic hydroxyl groups is 1. The first-order chi connectivity index (χ1) is 14.0. The predicted molar refractivity (Wildman–Crippen MR) is 116 cm³/mol. The molecule has 150 valence electrons. The molecule has 0 unspecified atom stereocenters. The van der Waals surface area contributed by atoms with E-state index in [2.05, 4.69) is 28.7 Å². The SMILES string of the molecule is CCN(CC)c1ccc(N=Cc2c(O)n(Cc3ccccc3)c(=O)[nH]c2=O)cc1. The third kappa shape index (κ3) is 4.63. The Morgan fingerprint density at radius 2 is 1.69 bits per heavy atom. The zero-order valence-corrected chi connectivity index (χ0v) is 16.5. The van der Waals surface area contributed by atoms with Gasteiger partial charge in [0.25, 0.3) is 5.56 Å². The monoisotopic (exact) mass is 392 g/mol. The maximum absolute atomic E-state index is 12.2. The first-order valence-corrected chi connectivity index (χ1v) is 9.52. The van der Waals surface area contributed by atoms with Crippen molar-refractivity contribution in [3.05, 3.63) is 86.6 Å². The van der Waals surface area contributed by atoms with E-state index in [1.807, 2.05) is 54.6 Å². The predicted octanol–water partition coefficient (Wildman–Crippen LogP) is 2.89. The van der Waals surface area contributed by atoms with Crippen molar-refractivity contribution in [2.45, 2.75) is 20.4 Å². The second-order valence-corrected chi connectivity index (χ2v) is 6.52. The van der Waals surface area contributed by atoms with E-state index in [4.69, 9.17) is 0 Å². The van der Waals surface area contributed by atoms with E-state index in [0.29, 0.717) is 5.69 Å². The Kier molecular flexibility index (Phi) is 6.29. The summed E-state index contributed by atoms with van der Waals surface area (Å²) in [5, 5.41) is 10.5. The third-order valence-corrected chi connectivity index (χ3v) is 4.71. The van der Waals surface area contributed by atoms with Gasteiger partial charge in [-0.3, -0.25) is 19.3 Å². The minimum Gasteiger partial charge on any atom is -0.494 e. The van der Waals surface area contributed by atoms with Gasteiger partial charge in [-0.25, -0.2) is 4.79 Å². The summed E-state index contributed by atoms with van der Waals surface area (Å²) < 4.78 is 1.11. The minimum absolute atomic E-state index is 0.0617. The van der Waals surface area contributed by atoms with Gasteiger partial charge in [-0.1, -0.05) is 30.3 Å². The van der Waals surface area contributed by atoms with Crippen LogP contribution >= 0.6 is 0 Å². The van der Waals surface area contributed by atoms with Crippen LogP contribution in [0.2, 0.25) is 0 Å². The lowest BCUT2D eigenvalue weighted by molar-refractivity contribution is 0.408. The first kappa shape index (κ1) is 20.1. The Labute approximate surface area is 168 Å². The molecule has 0 saturated heterocycles. The van der Waals surface area contributed by atoms with Crippen molar-refractivity contribution >= 4 is 17.6 Å². The van der Waals surface area contributed by atoms with Gasteiger partial charge in [0.15, 0.2) is 0 Å². The number of benzene rings is 2. The number of nitrogens with zero attached hydrogens (tertiary/aromatic N) is 3. The molecule has 29 heavy (non-hydrogen) atoms. The van der Waals surface area contributed by atoms with Crippen LogP contribution < -0.4 is 16.1 Å². The van der Waals surface area contributed by atoms with E-state index in [0.717, 1.165) is 28.9 Å². The van der Waals surface area contributed by atoms with E-state index in [1.165, 1.54) is 6.21 Å². The van der Waals surface area contributed by atoms with Gasteiger partial charge >= 0.3 is 5.69 Å². The summed E-state index contributed by atoms with van der Waals surface area (Å²) in [6, 6.07) is 16.8. The summed E-state index contributed by atoms with van der Waals surface area (Å²) in [6.07, 6.45) is 1.28. The molecule has 1 aromatic heterocycles. The van der Waals surface area contributed by atoms with Crippen LogP contribution in [0.1, 0.15) is 25.0 Å². The summed E-state index contributed by atoms with van der Waals surface area (Å²) in [7, 11) is 0.